The van der Waals surface area contributed by atoms with Crippen LogP contribution in [0, 0.1) is 5.92 Å². The Balaban J connectivity index is 0.00000176. The van der Waals surface area contributed by atoms with E-state index in [1.807, 2.05) is 23.4 Å². The zero-order valence-corrected chi connectivity index (χ0v) is 13.9. The molecule has 0 saturated carbocycles. The first-order chi connectivity index (χ1) is 10.3. The number of tetrazole rings is 1. The second-order valence-electron chi connectivity index (χ2n) is 5.21. The van der Waals surface area contributed by atoms with Gasteiger partial charge >= 0.3 is 0 Å². The molecule has 1 saturated heterocycles. The zero-order chi connectivity index (χ0) is 14.7. The van der Waals surface area contributed by atoms with Crippen molar-refractivity contribution in [2.45, 2.75) is 12.8 Å². The molecule has 120 valence electrons. The zero-order valence-electron chi connectivity index (χ0n) is 12.3. The van der Waals surface area contributed by atoms with Gasteiger partial charge in [0.25, 0.3) is 5.91 Å². The van der Waals surface area contributed by atoms with Crippen LogP contribution in [-0.4, -0.2) is 57.7 Å². The summed E-state index contributed by atoms with van der Waals surface area (Å²) in [6.07, 6.45) is 3.75. The third-order valence-corrected chi connectivity index (χ3v) is 4.63. The van der Waals surface area contributed by atoms with Crippen LogP contribution in [0.4, 0.5) is 0 Å². The summed E-state index contributed by atoms with van der Waals surface area (Å²) in [5.41, 5.74) is 0.755. The molecule has 7 nitrogen and oxygen atoms in total. The SMILES string of the molecule is CNCC1CCCN(C(=O)c2sccc2-n2cnnn2)C1.Cl. The first kappa shape index (κ1) is 16.9. The molecule has 1 unspecified atom stereocenters. The Morgan fingerprint density at radius 2 is 2.41 bits per heavy atom. The van der Waals surface area contributed by atoms with Gasteiger partial charge in [0, 0.05) is 13.1 Å². The van der Waals surface area contributed by atoms with Gasteiger partial charge in [0.2, 0.25) is 0 Å². The lowest BCUT2D eigenvalue weighted by atomic mass is 9.98. The largest absolute Gasteiger partial charge is 0.338 e. The molecule has 1 atom stereocenters. The molecule has 2 aromatic heterocycles. The van der Waals surface area contributed by atoms with Crippen LogP contribution >= 0.6 is 23.7 Å². The molecule has 0 spiro atoms. The summed E-state index contributed by atoms with van der Waals surface area (Å²) in [7, 11) is 1.95. The lowest BCUT2D eigenvalue weighted by Gasteiger charge is -2.32. The molecule has 1 amide bonds. The average Bonchev–Trinajstić information content (AvgIpc) is 3.18. The van der Waals surface area contributed by atoms with Gasteiger partial charge in [0.1, 0.15) is 11.2 Å². The molecule has 0 bridgehead atoms. The van der Waals surface area contributed by atoms with Crippen molar-refractivity contribution in [3.63, 3.8) is 0 Å². The normalized spacial score (nSPS) is 18.0. The Kier molecular flexibility index (Phi) is 5.87. The Morgan fingerprint density at radius 1 is 1.55 bits per heavy atom. The minimum absolute atomic E-state index is 0. The lowest BCUT2D eigenvalue weighted by molar-refractivity contribution is 0.0679. The second kappa shape index (κ2) is 7.66. The number of halogens is 1. The van der Waals surface area contributed by atoms with E-state index in [1.165, 1.54) is 24.1 Å². The topological polar surface area (TPSA) is 75.9 Å². The first-order valence-electron chi connectivity index (χ1n) is 7.04. The number of carbonyl (C=O) groups is 1. The predicted molar refractivity (Wildman–Crippen MR) is 86.8 cm³/mol. The van der Waals surface area contributed by atoms with Crippen molar-refractivity contribution in [1.82, 2.24) is 30.4 Å². The Labute approximate surface area is 139 Å². The lowest BCUT2D eigenvalue weighted by Crippen LogP contribution is -2.42. The highest BCUT2D eigenvalue weighted by Crippen LogP contribution is 2.25. The van der Waals surface area contributed by atoms with E-state index >= 15 is 0 Å². The van der Waals surface area contributed by atoms with Crippen molar-refractivity contribution in [2.24, 2.45) is 5.92 Å². The summed E-state index contributed by atoms with van der Waals surface area (Å²) >= 11 is 1.44. The molecule has 1 aliphatic heterocycles. The van der Waals surface area contributed by atoms with Crippen LogP contribution in [0.1, 0.15) is 22.5 Å². The molecular weight excluding hydrogens is 324 g/mol. The number of rotatable bonds is 4. The molecule has 0 radical (unpaired) electrons. The number of piperidine rings is 1. The molecule has 1 N–H and O–H groups in total. The minimum atomic E-state index is 0. The van der Waals surface area contributed by atoms with E-state index in [4.69, 9.17) is 0 Å². The van der Waals surface area contributed by atoms with Crippen molar-refractivity contribution in [2.75, 3.05) is 26.7 Å². The van der Waals surface area contributed by atoms with Crippen LogP contribution in [0.25, 0.3) is 5.69 Å². The Hall–Kier alpha value is -1.51. The summed E-state index contributed by atoms with van der Waals surface area (Å²) < 4.78 is 1.54. The van der Waals surface area contributed by atoms with Gasteiger partial charge in [-0.1, -0.05) is 0 Å². The van der Waals surface area contributed by atoms with E-state index in [9.17, 15) is 4.79 Å². The number of carbonyl (C=O) groups excluding carboxylic acids is 1. The highest BCUT2D eigenvalue weighted by atomic mass is 35.5. The first-order valence-corrected chi connectivity index (χ1v) is 7.92. The average molecular weight is 343 g/mol. The highest BCUT2D eigenvalue weighted by molar-refractivity contribution is 7.12. The number of amides is 1. The van der Waals surface area contributed by atoms with E-state index in [2.05, 4.69) is 20.8 Å². The van der Waals surface area contributed by atoms with Gasteiger partial charge < -0.3 is 10.2 Å². The monoisotopic (exact) mass is 342 g/mol. The maximum absolute atomic E-state index is 12.8. The summed E-state index contributed by atoms with van der Waals surface area (Å²) in [4.78, 5) is 15.4. The van der Waals surface area contributed by atoms with Crippen molar-refractivity contribution < 1.29 is 4.79 Å². The molecule has 22 heavy (non-hydrogen) atoms. The number of aromatic nitrogens is 4. The van der Waals surface area contributed by atoms with Gasteiger partial charge in [-0.15, -0.1) is 28.8 Å². The molecular formula is C13H19ClN6OS. The van der Waals surface area contributed by atoms with Crippen molar-refractivity contribution in [3.8, 4) is 5.69 Å². The van der Waals surface area contributed by atoms with Gasteiger partial charge in [-0.05, 0) is 54.2 Å². The third-order valence-electron chi connectivity index (χ3n) is 3.73. The molecule has 9 heteroatoms. The molecule has 0 aliphatic carbocycles. The summed E-state index contributed by atoms with van der Waals surface area (Å²) in [5, 5.41) is 16.2. The van der Waals surface area contributed by atoms with Gasteiger partial charge in [-0.25, -0.2) is 0 Å². The van der Waals surface area contributed by atoms with Crippen LogP contribution in [0.15, 0.2) is 17.8 Å². The molecule has 0 aromatic carbocycles. The van der Waals surface area contributed by atoms with Gasteiger partial charge in [0.15, 0.2) is 0 Å². The number of nitrogens with one attached hydrogen (secondary N) is 1. The maximum Gasteiger partial charge on any atom is 0.266 e. The fourth-order valence-corrected chi connectivity index (χ4v) is 3.61. The molecule has 1 aliphatic rings. The number of thiophene rings is 1. The second-order valence-corrected chi connectivity index (χ2v) is 6.12. The van der Waals surface area contributed by atoms with E-state index in [0.29, 0.717) is 10.8 Å². The predicted octanol–water partition coefficient (Wildman–Crippen LogP) is 1.22. The third kappa shape index (κ3) is 3.45. The summed E-state index contributed by atoms with van der Waals surface area (Å²) in [5.74, 6) is 0.612. The van der Waals surface area contributed by atoms with Crippen LogP contribution in [-0.2, 0) is 0 Å². The number of nitrogens with zero attached hydrogens (tertiary/aromatic N) is 5. The summed E-state index contributed by atoms with van der Waals surface area (Å²) in [6.45, 7) is 2.59. The number of hydrogen-bond acceptors (Lipinski definition) is 6. The summed E-state index contributed by atoms with van der Waals surface area (Å²) in [6, 6.07) is 1.88. The fourth-order valence-electron chi connectivity index (χ4n) is 2.76. The van der Waals surface area contributed by atoms with Crippen LogP contribution in [0.3, 0.4) is 0 Å². The van der Waals surface area contributed by atoms with Crippen molar-refractivity contribution in [1.29, 1.82) is 0 Å². The molecule has 1 fully saturated rings. The molecule has 3 heterocycles. The minimum Gasteiger partial charge on any atom is -0.338 e. The number of likely N-dealkylation sites (tertiary alicyclic amines) is 1. The molecule has 3 rings (SSSR count). The van der Waals surface area contributed by atoms with Gasteiger partial charge in [-0.2, -0.15) is 4.68 Å². The van der Waals surface area contributed by atoms with Crippen LogP contribution in [0.5, 0.6) is 0 Å². The molecule has 2 aromatic rings. The van der Waals surface area contributed by atoms with E-state index in [-0.39, 0.29) is 18.3 Å². The van der Waals surface area contributed by atoms with E-state index in [1.54, 1.807) is 4.68 Å². The fraction of sp³-hybridized carbons (Fsp3) is 0.538. The van der Waals surface area contributed by atoms with Crippen molar-refractivity contribution in [3.05, 3.63) is 22.7 Å². The standard InChI is InChI=1S/C13H18N6OS.ClH/c1-14-7-10-3-2-5-18(8-10)13(20)12-11(4-6-21-12)19-9-15-16-17-19;/h4,6,9-10,14H,2-3,5,7-8H2,1H3;1H. The van der Waals surface area contributed by atoms with E-state index in [0.717, 1.165) is 31.7 Å². The highest BCUT2D eigenvalue weighted by Gasteiger charge is 2.26. The van der Waals surface area contributed by atoms with Gasteiger partial charge in [-0.3, -0.25) is 4.79 Å². The smallest absolute Gasteiger partial charge is 0.266 e. The number of hydrogen-bond donors (Lipinski definition) is 1. The maximum atomic E-state index is 12.8. The Morgan fingerprint density at radius 3 is 3.14 bits per heavy atom. The van der Waals surface area contributed by atoms with E-state index < -0.39 is 0 Å². The van der Waals surface area contributed by atoms with Gasteiger partial charge in [0.05, 0.1) is 5.69 Å². The van der Waals surface area contributed by atoms with Crippen LogP contribution in [0.2, 0.25) is 0 Å². The van der Waals surface area contributed by atoms with Crippen molar-refractivity contribution >= 4 is 29.7 Å². The van der Waals surface area contributed by atoms with Crippen LogP contribution < -0.4 is 5.32 Å². The quantitative estimate of drug-likeness (QED) is 0.904. The Bertz CT molecular complexity index is 599.